The lowest BCUT2D eigenvalue weighted by atomic mass is 9.96. The van der Waals surface area contributed by atoms with E-state index < -0.39 is 36.7 Å². The van der Waals surface area contributed by atoms with Gasteiger partial charge < -0.3 is 35.5 Å². The van der Waals surface area contributed by atoms with Gasteiger partial charge in [0.25, 0.3) is 0 Å². The number of ether oxygens (including phenoxy) is 1. The van der Waals surface area contributed by atoms with Crippen molar-refractivity contribution in [2.75, 3.05) is 12.3 Å². The number of nitrogens with two attached hydrogens (primary N) is 1. The second-order valence-corrected chi connectivity index (χ2v) is 5.97. The van der Waals surface area contributed by atoms with Gasteiger partial charge in [0.05, 0.1) is 17.6 Å². The van der Waals surface area contributed by atoms with Gasteiger partial charge in [-0.15, -0.1) is 0 Å². The second-order valence-electron chi connectivity index (χ2n) is 5.97. The van der Waals surface area contributed by atoms with Gasteiger partial charge in [-0.1, -0.05) is 0 Å². The molecule has 0 spiro atoms. The molecule has 2 aromatic heterocycles. The van der Waals surface area contributed by atoms with Gasteiger partial charge in [-0.25, -0.2) is 20.1 Å². The van der Waals surface area contributed by atoms with E-state index in [4.69, 9.17) is 15.6 Å². The smallest absolute Gasteiger partial charge is 0.416 e. The maximum Gasteiger partial charge on any atom is 0.416 e. The number of amides is 1. The lowest BCUT2D eigenvalue weighted by Gasteiger charge is -2.27. The molecule has 0 aliphatic carbocycles. The van der Waals surface area contributed by atoms with Crippen LogP contribution in [0.5, 0.6) is 0 Å². The third-order valence-electron chi connectivity index (χ3n) is 4.19. The fraction of sp³-hybridized carbons (Fsp3) is 0.400. The summed E-state index contributed by atoms with van der Waals surface area (Å²) in [6.45, 7) is 0.880. The third kappa shape index (κ3) is 2.80. The van der Waals surface area contributed by atoms with E-state index in [1.807, 2.05) is 5.32 Å². The molecule has 11 heteroatoms. The van der Waals surface area contributed by atoms with Crippen molar-refractivity contribution in [3.8, 4) is 12.0 Å². The maximum absolute atomic E-state index is 10.7. The van der Waals surface area contributed by atoms with Crippen molar-refractivity contribution in [3.05, 3.63) is 18.1 Å². The molecule has 3 heterocycles. The van der Waals surface area contributed by atoms with Gasteiger partial charge in [0.15, 0.2) is 6.23 Å². The molecule has 1 fully saturated rings. The van der Waals surface area contributed by atoms with Crippen molar-refractivity contribution < 1.29 is 30.0 Å². The summed E-state index contributed by atoms with van der Waals surface area (Å²) in [6, 6.07) is 2.26. The standard InChI is InChI=1S/C15H17N5O6/c1-15(25)10(22)8(5-21)26-13(15)20-4-7(2-3-17-14(23)24)9-11(16)18-6-19-12(9)20/h4,6,8,10,13,17,21-22,25H,5H2,1H3,(H,23,24)(H2,16,18,19)/t8-,10-,13-,15-/m1/s1. The molecule has 1 aliphatic heterocycles. The van der Waals surface area contributed by atoms with E-state index in [0.717, 1.165) is 0 Å². The van der Waals surface area contributed by atoms with Crippen molar-refractivity contribution in [1.29, 1.82) is 0 Å². The molecule has 11 nitrogen and oxygen atoms in total. The summed E-state index contributed by atoms with van der Waals surface area (Å²) in [6.07, 6.45) is -2.06. The highest BCUT2D eigenvalue weighted by atomic mass is 16.6. The molecule has 7 N–H and O–H groups in total. The van der Waals surface area contributed by atoms with E-state index in [9.17, 15) is 20.1 Å². The quantitative estimate of drug-likeness (QED) is 0.276. The van der Waals surface area contributed by atoms with Crippen LogP contribution >= 0.6 is 0 Å². The molecule has 26 heavy (non-hydrogen) atoms. The first kappa shape index (κ1) is 17.9. The van der Waals surface area contributed by atoms with Gasteiger partial charge >= 0.3 is 6.09 Å². The van der Waals surface area contributed by atoms with Crippen LogP contribution in [0.4, 0.5) is 10.6 Å². The van der Waals surface area contributed by atoms with Gasteiger partial charge in [-0.05, 0) is 12.8 Å². The highest BCUT2D eigenvalue weighted by Crippen LogP contribution is 2.40. The molecule has 0 saturated carbocycles. The van der Waals surface area contributed by atoms with Crippen LogP contribution in [0.3, 0.4) is 0 Å². The van der Waals surface area contributed by atoms with Crippen LogP contribution in [-0.2, 0) is 4.74 Å². The first-order chi connectivity index (χ1) is 12.3. The van der Waals surface area contributed by atoms with Gasteiger partial charge in [0.2, 0.25) is 0 Å². The number of nitrogens with zero attached hydrogens (tertiary/aromatic N) is 3. The molecule has 1 aliphatic rings. The monoisotopic (exact) mass is 363 g/mol. The van der Waals surface area contributed by atoms with Crippen LogP contribution in [0.25, 0.3) is 11.0 Å². The normalized spacial score (nSPS) is 27.9. The summed E-state index contributed by atoms with van der Waals surface area (Å²) in [7, 11) is 0. The van der Waals surface area contributed by atoms with Crippen molar-refractivity contribution in [2.24, 2.45) is 0 Å². The van der Waals surface area contributed by atoms with E-state index in [-0.39, 0.29) is 11.5 Å². The summed E-state index contributed by atoms with van der Waals surface area (Å²) >= 11 is 0. The summed E-state index contributed by atoms with van der Waals surface area (Å²) in [5, 5.41) is 41.0. The lowest BCUT2D eigenvalue weighted by molar-refractivity contribution is -0.0948. The summed E-state index contributed by atoms with van der Waals surface area (Å²) < 4.78 is 7.00. The van der Waals surface area contributed by atoms with E-state index in [2.05, 4.69) is 21.9 Å². The SMILES string of the molecule is C[C@@]1(O)[C@H](O)[C@@H](CO)O[C@H]1n1cc(C#CNC(=O)O)c2c(N)ncnc21. The minimum atomic E-state index is -1.73. The Kier molecular flexibility index (Phi) is 4.43. The van der Waals surface area contributed by atoms with E-state index >= 15 is 0 Å². The topological polar surface area (TPSA) is 176 Å². The molecule has 0 aromatic carbocycles. The van der Waals surface area contributed by atoms with E-state index in [1.165, 1.54) is 24.0 Å². The largest absolute Gasteiger partial charge is 0.464 e. The zero-order valence-corrected chi connectivity index (χ0v) is 13.6. The molecule has 0 unspecified atom stereocenters. The molecule has 1 saturated heterocycles. The van der Waals surface area contributed by atoms with Crippen molar-refractivity contribution in [1.82, 2.24) is 19.9 Å². The molecule has 0 radical (unpaired) electrons. The van der Waals surface area contributed by atoms with E-state index in [1.54, 1.807) is 0 Å². The van der Waals surface area contributed by atoms with Crippen LogP contribution in [0, 0.1) is 12.0 Å². The number of aromatic nitrogens is 3. The van der Waals surface area contributed by atoms with Crippen molar-refractivity contribution in [2.45, 2.75) is 31.0 Å². The Hall–Kier alpha value is -2.91. The maximum atomic E-state index is 10.7. The molecule has 2 aromatic rings. The first-order valence-corrected chi connectivity index (χ1v) is 7.55. The Bertz CT molecular complexity index is 914. The Balaban J connectivity index is 2.14. The number of fused-ring (bicyclic) bond motifs is 1. The first-order valence-electron chi connectivity index (χ1n) is 7.55. The number of hydrogen-bond donors (Lipinski definition) is 6. The molecule has 3 rings (SSSR count). The fourth-order valence-corrected chi connectivity index (χ4v) is 2.92. The minimum Gasteiger partial charge on any atom is -0.464 e. The second kappa shape index (κ2) is 6.43. The molecule has 4 atom stereocenters. The molecule has 0 bridgehead atoms. The van der Waals surface area contributed by atoms with Gasteiger partial charge in [0, 0.05) is 12.2 Å². The van der Waals surface area contributed by atoms with Gasteiger partial charge in [-0.2, -0.15) is 0 Å². The molecule has 1 amide bonds. The van der Waals surface area contributed by atoms with Crippen LogP contribution in [0.15, 0.2) is 12.5 Å². The Morgan fingerprint density at radius 3 is 2.88 bits per heavy atom. The van der Waals surface area contributed by atoms with Crippen LogP contribution in [-0.4, -0.2) is 65.5 Å². The number of carboxylic acid groups (broad SMARTS) is 1. The number of nitrogen functional groups attached to an aromatic ring is 1. The predicted octanol–water partition coefficient (Wildman–Crippen LogP) is -1.41. The third-order valence-corrected chi connectivity index (χ3v) is 4.19. The fourth-order valence-electron chi connectivity index (χ4n) is 2.92. The predicted molar refractivity (Wildman–Crippen MR) is 87.6 cm³/mol. The van der Waals surface area contributed by atoms with E-state index in [0.29, 0.717) is 10.9 Å². The minimum absolute atomic E-state index is 0.102. The number of carbonyl (C=O) groups is 1. The molecular formula is C15H17N5O6. The Labute approximate surface area is 147 Å². The highest BCUT2D eigenvalue weighted by molar-refractivity contribution is 5.92. The van der Waals surface area contributed by atoms with Crippen LogP contribution < -0.4 is 11.1 Å². The molecule has 138 valence electrons. The number of rotatable bonds is 2. The highest BCUT2D eigenvalue weighted by Gasteiger charge is 2.53. The van der Waals surface area contributed by atoms with Crippen LogP contribution in [0.2, 0.25) is 0 Å². The van der Waals surface area contributed by atoms with Gasteiger partial charge in [-0.3, -0.25) is 0 Å². The van der Waals surface area contributed by atoms with Gasteiger partial charge in [0.1, 0.15) is 35.6 Å². The van der Waals surface area contributed by atoms with Crippen molar-refractivity contribution in [3.63, 3.8) is 0 Å². The number of anilines is 1. The summed E-state index contributed by atoms with van der Waals surface area (Å²) in [5.41, 5.74) is 4.72. The number of nitrogens with one attached hydrogen (secondary N) is 1. The molecular weight excluding hydrogens is 346 g/mol. The zero-order chi connectivity index (χ0) is 19.1. The summed E-state index contributed by atoms with van der Waals surface area (Å²) in [5.74, 6) is 2.70. The summed E-state index contributed by atoms with van der Waals surface area (Å²) in [4.78, 5) is 18.6. The number of hydrogen-bond acceptors (Lipinski definition) is 8. The Morgan fingerprint density at radius 1 is 1.54 bits per heavy atom. The number of aliphatic hydroxyl groups is 3. The lowest BCUT2D eigenvalue weighted by Crippen LogP contribution is -2.44. The van der Waals surface area contributed by atoms with Crippen LogP contribution in [0.1, 0.15) is 18.7 Å². The zero-order valence-electron chi connectivity index (χ0n) is 13.6. The van der Waals surface area contributed by atoms with Crippen molar-refractivity contribution >= 4 is 22.9 Å². The number of aliphatic hydroxyl groups excluding tert-OH is 2. The average molecular weight is 363 g/mol. The average Bonchev–Trinajstić information content (AvgIpc) is 3.04. The Morgan fingerprint density at radius 2 is 2.27 bits per heavy atom.